The van der Waals surface area contributed by atoms with E-state index in [2.05, 4.69) is 24.9 Å². The van der Waals surface area contributed by atoms with Crippen molar-refractivity contribution in [3.8, 4) is 5.88 Å². The standard InChI is InChI=1S/C11H11N5O2S/c1-5-3-6(2)14-10(13-5)12-4-7-8(17)15-11(19)16-9(7)18/h3-4H,1-2H3,(H3,15,16,17,18,19)/b12-4+. The van der Waals surface area contributed by atoms with E-state index in [1.54, 1.807) is 0 Å². The average molecular weight is 277 g/mol. The van der Waals surface area contributed by atoms with E-state index >= 15 is 0 Å². The lowest BCUT2D eigenvalue weighted by molar-refractivity contribution is 0.449. The van der Waals surface area contributed by atoms with Gasteiger partial charge in [0.1, 0.15) is 5.56 Å². The lowest BCUT2D eigenvalue weighted by Crippen LogP contribution is -2.13. The summed E-state index contributed by atoms with van der Waals surface area (Å²) < 4.78 is 0.0438. The van der Waals surface area contributed by atoms with Gasteiger partial charge in [0.05, 0.1) is 0 Å². The number of rotatable bonds is 2. The minimum atomic E-state index is -0.533. The number of hydrogen-bond acceptors (Lipinski definition) is 6. The third-order valence-corrected chi connectivity index (χ3v) is 2.44. The topological polar surface area (TPSA) is 107 Å². The normalized spacial score (nSPS) is 11.1. The molecule has 0 amide bonds. The van der Waals surface area contributed by atoms with Crippen LogP contribution in [-0.4, -0.2) is 31.3 Å². The maximum atomic E-state index is 11.6. The predicted octanol–water partition coefficient (Wildman–Crippen LogP) is 1.30. The van der Waals surface area contributed by atoms with Crippen molar-refractivity contribution in [3.63, 3.8) is 0 Å². The molecule has 19 heavy (non-hydrogen) atoms. The van der Waals surface area contributed by atoms with Crippen LogP contribution in [0.3, 0.4) is 0 Å². The van der Waals surface area contributed by atoms with E-state index in [1.165, 1.54) is 6.21 Å². The number of aromatic hydroxyl groups is 1. The highest BCUT2D eigenvalue weighted by molar-refractivity contribution is 7.71. The largest absolute Gasteiger partial charge is 0.494 e. The number of nitrogens with zero attached hydrogens (tertiary/aromatic N) is 3. The van der Waals surface area contributed by atoms with Gasteiger partial charge in [0.2, 0.25) is 11.8 Å². The van der Waals surface area contributed by atoms with Crippen molar-refractivity contribution >= 4 is 24.4 Å². The molecular weight excluding hydrogens is 266 g/mol. The van der Waals surface area contributed by atoms with Gasteiger partial charge in [-0.25, -0.2) is 15.0 Å². The van der Waals surface area contributed by atoms with Gasteiger partial charge in [-0.15, -0.1) is 0 Å². The second-order valence-electron chi connectivity index (χ2n) is 3.88. The molecule has 2 heterocycles. The number of nitrogens with one attached hydrogen (secondary N) is 2. The first-order valence-electron chi connectivity index (χ1n) is 5.37. The summed E-state index contributed by atoms with van der Waals surface area (Å²) in [5, 5.41) is 9.59. The Hall–Kier alpha value is -2.35. The number of hydrogen-bond donors (Lipinski definition) is 3. The second kappa shape index (κ2) is 5.11. The second-order valence-corrected chi connectivity index (χ2v) is 4.29. The fraction of sp³-hybridized carbons (Fsp3) is 0.182. The van der Waals surface area contributed by atoms with E-state index in [4.69, 9.17) is 12.2 Å². The zero-order chi connectivity index (χ0) is 14.0. The number of aromatic nitrogens is 4. The van der Waals surface area contributed by atoms with Crippen LogP contribution in [0.15, 0.2) is 15.9 Å². The van der Waals surface area contributed by atoms with Crippen LogP contribution in [0.1, 0.15) is 17.0 Å². The average Bonchev–Trinajstić information content (AvgIpc) is 2.25. The van der Waals surface area contributed by atoms with Crippen molar-refractivity contribution in [2.45, 2.75) is 13.8 Å². The van der Waals surface area contributed by atoms with Crippen LogP contribution in [0, 0.1) is 18.6 Å². The van der Waals surface area contributed by atoms with Crippen LogP contribution in [-0.2, 0) is 0 Å². The molecule has 8 heteroatoms. The number of H-pyrrole nitrogens is 2. The minimum absolute atomic E-state index is 0.0311. The van der Waals surface area contributed by atoms with Crippen LogP contribution in [0.5, 0.6) is 5.88 Å². The highest BCUT2D eigenvalue weighted by atomic mass is 32.1. The molecular formula is C11H11N5O2S. The Bertz CT molecular complexity index is 742. The van der Waals surface area contributed by atoms with Crippen LogP contribution < -0.4 is 5.56 Å². The van der Waals surface area contributed by atoms with Gasteiger partial charge in [0, 0.05) is 17.6 Å². The van der Waals surface area contributed by atoms with Crippen molar-refractivity contribution in [1.82, 2.24) is 19.9 Å². The van der Waals surface area contributed by atoms with Crippen molar-refractivity contribution in [1.29, 1.82) is 0 Å². The van der Waals surface area contributed by atoms with Crippen molar-refractivity contribution in [3.05, 3.63) is 38.1 Å². The zero-order valence-corrected chi connectivity index (χ0v) is 11.1. The van der Waals surface area contributed by atoms with Gasteiger partial charge in [0.15, 0.2) is 4.77 Å². The monoisotopic (exact) mass is 277 g/mol. The third kappa shape index (κ3) is 3.10. The molecule has 0 aliphatic carbocycles. The Kier molecular flexibility index (Phi) is 3.52. The van der Waals surface area contributed by atoms with E-state index in [0.717, 1.165) is 11.4 Å². The molecule has 0 fully saturated rings. The lowest BCUT2D eigenvalue weighted by Gasteiger charge is -1.98. The van der Waals surface area contributed by atoms with Gasteiger partial charge in [-0.05, 0) is 32.1 Å². The molecule has 0 radical (unpaired) electrons. The molecule has 2 aromatic rings. The van der Waals surface area contributed by atoms with Crippen LogP contribution in [0.2, 0.25) is 0 Å². The van der Waals surface area contributed by atoms with E-state index in [0.29, 0.717) is 0 Å². The molecule has 0 spiro atoms. The number of aryl methyl sites for hydroxylation is 2. The molecule has 7 nitrogen and oxygen atoms in total. The summed E-state index contributed by atoms with van der Waals surface area (Å²) in [4.78, 5) is 28.5. The highest BCUT2D eigenvalue weighted by Gasteiger charge is 2.05. The van der Waals surface area contributed by atoms with Crippen molar-refractivity contribution < 1.29 is 5.11 Å². The minimum Gasteiger partial charge on any atom is -0.494 e. The molecule has 0 saturated carbocycles. The smallest absolute Gasteiger partial charge is 0.264 e. The van der Waals surface area contributed by atoms with Crippen molar-refractivity contribution in [2.75, 3.05) is 0 Å². The molecule has 0 aliphatic heterocycles. The first-order valence-corrected chi connectivity index (χ1v) is 5.78. The van der Waals surface area contributed by atoms with Gasteiger partial charge in [0.25, 0.3) is 5.56 Å². The van der Waals surface area contributed by atoms with Gasteiger partial charge >= 0.3 is 0 Å². The molecule has 0 atom stereocenters. The fourth-order valence-corrected chi connectivity index (χ4v) is 1.68. The lowest BCUT2D eigenvalue weighted by atomic mass is 10.3. The Labute approximate surface area is 113 Å². The molecule has 0 unspecified atom stereocenters. The summed E-state index contributed by atoms with van der Waals surface area (Å²) in [7, 11) is 0. The SMILES string of the molecule is Cc1cc(C)nc(/N=C/c2c(O)[nH]c(=S)[nH]c2=O)n1. The zero-order valence-electron chi connectivity index (χ0n) is 10.3. The molecule has 0 saturated heterocycles. The third-order valence-electron chi connectivity index (χ3n) is 2.24. The quantitative estimate of drug-likeness (QED) is 0.566. The molecule has 2 rings (SSSR count). The Morgan fingerprint density at radius 3 is 2.53 bits per heavy atom. The summed E-state index contributed by atoms with van der Waals surface area (Å²) in [5.74, 6) is -0.124. The van der Waals surface area contributed by atoms with Gasteiger partial charge < -0.3 is 10.1 Å². The molecule has 98 valence electrons. The number of aliphatic imine (C=N–C) groups is 1. The first-order chi connectivity index (χ1) is 8.95. The summed E-state index contributed by atoms with van der Waals surface area (Å²) in [6.07, 6.45) is 1.19. The summed E-state index contributed by atoms with van der Waals surface area (Å²) in [5.41, 5.74) is 0.973. The summed E-state index contributed by atoms with van der Waals surface area (Å²) in [6.45, 7) is 3.63. The van der Waals surface area contributed by atoms with E-state index in [1.807, 2.05) is 19.9 Å². The Morgan fingerprint density at radius 1 is 1.32 bits per heavy atom. The maximum Gasteiger partial charge on any atom is 0.264 e. The van der Waals surface area contributed by atoms with Crippen LogP contribution in [0.4, 0.5) is 5.95 Å². The van der Waals surface area contributed by atoms with Crippen LogP contribution >= 0.6 is 12.2 Å². The van der Waals surface area contributed by atoms with Crippen molar-refractivity contribution in [2.24, 2.45) is 4.99 Å². The van der Waals surface area contributed by atoms with Crippen LogP contribution in [0.25, 0.3) is 0 Å². The van der Waals surface area contributed by atoms with E-state index < -0.39 is 5.56 Å². The molecule has 3 N–H and O–H groups in total. The predicted molar refractivity (Wildman–Crippen MR) is 72.7 cm³/mol. The summed E-state index contributed by atoms with van der Waals surface area (Å²) in [6, 6.07) is 1.81. The van der Waals surface area contributed by atoms with E-state index in [9.17, 15) is 9.90 Å². The van der Waals surface area contributed by atoms with Gasteiger partial charge in [-0.3, -0.25) is 9.78 Å². The van der Waals surface area contributed by atoms with Gasteiger partial charge in [-0.1, -0.05) is 0 Å². The number of aromatic amines is 2. The molecule has 0 bridgehead atoms. The first kappa shape index (κ1) is 13.1. The fourth-order valence-electron chi connectivity index (χ4n) is 1.49. The molecule has 0 aliphatic rings. The summed E-state index contributed by atoms with van der Waals surface area (Å²) >= 11 is 4.72. The molecule has 2 aromatic heterocycles. The Balaban J connectivity index is 2.43. The van der Waals surface area contributed by atoms with E-state index in [-0.39, 0.29) is 22.2 Å². The highest BCUT2D eigenvalue weighted by Crippen LogP contribution is 2.09. The van der Waals surface area contributed by atoms with Gasteiger partial charge in [-0.2, -0.15) is 0 Å². The maximum absolute atomic E-state index is 11.6. The Morgan fingerprint density at radius 2 is 1.95 bits per heavy atom. The molecule has 0 aromatic carbocycles.